The summed E-state index contributed by atoms with van der Waals surface area (Å²) in [5.41, 5.74) is 8.01. The predicted octanol–water partition coefficient (Wildman–Crippen LogP) is 7.32. The SMILES string of the molecule is CC(=O)c1c(-c2ccccc2)c2c(C3CCCCC3)cc3ccccc3n2c1C. The van der Waals surface area contributed by atoms with Crippen molar-refractivity contribution in [2.75, 3.05) is 0 Å². The highest BCUT2D eigenvalue weighted by molar-refractivity contribution is 6.09. The van der Waals surface area contributed by atoms with Crippen molar-refractivity contribution >= 4 is 22.2 Å². The topological polar surface area (TPSA) is 21.5 Å². The lowest BCUT2D eigenvalue weighted by Gasteiger charge is -2.24. The van der Waals surface area contributed by atoms with Gasteiger partial charge in [0.05, 0.1) is 11.0 Å². The lowest BCUT2D eigenvalue weighted by Crippen LogP contribution is -2.07. The van der Waals surface area contributed by atoms with Gasteiger partial charge in [0.2, 0.25) is 0 Å². The summed E-state index contributed by atoms with van der Waals surface area (Å²) in [6.45, 7) is 3.81. The maximum atomic E-state index is 12.8. The molecule has 0 spiro atoms. The minimum atomic E-state index is 0.142. The fourth-order valence-electron chi connectivity index (χ4n) is 5.36. The molecule has 0 N–H and O–H groups in total. The molecule has 0 amide bonds. The molecule has 1 aliphatic carbocycles. The summed E-state index contributed by atoms with van der Waals surface area (Å²) in [5, 5.41) is 1.26. The number of benzene rings is 2. The highest BCUT2D eigenvalue weighted by Gasteiger charge is 2.27. The number of pyridine rings is 1. The van der Waals surface area contributed by atoms with Crippen LogP contribution in [0.25, 0.3) is 27.5 Å². The summed E-state index contributed by atoms with van der Waals surface area (Å²) in [5.74, 6) is 0.705. The molecule has 0 unspecified atom stereocenters. The number of nitrogens with zero attached hydrogens (tertiary/aromatic N) is 1. The lowest BCUT2D eigenvalue weighted by atomic mass is 9.82. The Morgan fingerprint density at radius 3 is 2.34 bits per heavy atom. The van der Waals surface area contributed by atoms with E-state index in [1.165, 1.54) is 54.1 Å². The van der Waals surface area contributed by atoms with Crippen LogP contribution >= 0.6 is 0 Å². The molecule has 0 radical (unpaired) electrons. The molecule has 0 atom stereocenters. The first-order chi connectivity index (χ1) is 14.2. The van der Waals surface area contributed by atoms with Gasteiger partial charge in [0, 0.05) is 16.8 Å². The number of Topliss-reactive ketones (excluding diaryl/α,β-unsaturated/α-hetero) is 1. The Hall–Kier alpha value is -2.87. The average Bonchev–Trinajstić information content (AvgIpc) is 3.08. The Morgan fingerprint density at radius 2 is 1.62 bits per heavy atom. The normalized spacial score (nSPS) is 15.2. The van der Waals surface area contributed by atoms with Crippen LogP contribution in [-0.2, 0) is 0 Å². The number of aryl methyl sites for hydroxylation is 1. The Morgan fingerprint density at radius 1 is 0.931 bits per heavy atom. The van der Waals surface area contributed by atoms with Crippen molar-refractivity contribution in [3.63, 3.8) is 0 Å². The summed E-state index contributed by atoms with van der Waals surface area (Å²) < 4.78 is 2.36. The fourth-order valence-corrected chi connectivity index (χ4v) is 5.36. The van der Waals surface area contributed by atoms with E-state index in [9.17, 15) is 4.79 Å². The molecule has 29 heavy (non-hydrogen) atoms. The van der Waals surface area contributed by atoms with Gasteiger partial charge in [0.1, 0.15) is 0 Å². The molecule has 2 aromatic carbocycles. The number of hydrogen-bond donors (Lipinski definition) is 0. The second-order valence-electron chi connectivity index (χ2n) is 8.44. The van der Waals surface area contributed by atoms with E-state index in [-0.39, 0.29) is 5.78 Å². The molecule has 1 saturated carbocycles. The number of carbonyl (C=O) groups is 1. The number of carbonyl (C=O) groups excluding carboxylic acids is 1. The quantitative estimate of drug-likeness (QED) is 0.341. The standard InChI is InChI=1S/C27H27NO/c1-18-25(19(2)29)26(21-13-7-4-8-14-21)27-23(20-11-5-3-6-12-20)17-22-15-9-10-16-24(22)28(18)27/h4,7-10,13-17,20H,3,5-6,11-12H2,1-2H3. The van der Waals surface area contributed by atoms with Crippen LogP contribution in [0, 0.1) is 6.92 Å². The van der Waals surface area contributed by atoms with Crippen LogP contribution in [-0.4, -0.2) is 10.2 Å². The van der Waals surface area contributed by atoms with E-state index in [2.05, 4.69) is 65.9 Å². The molecule has 1 aliphatic rings. The molecule has 0 bridgehead atoms. The molecule has 5 rings (SSSR count). The second kappa shape index (κ2) is 7.18. The number of fused-ring (bicyclic) bond motifs is 3. The van der Waals surface area contributed by atoms with Crippen LogP contribution in [0.5, 0.6) is 0 Å². The number of rotatable bonds is 3. The largest absolute Gasteiger partial charge is 0.312 e. The Balaban J connectivity index is 1.97. The van der Waals surface area contributed by atoms with E-state index in [4.69, 9.17) is 0 Å². The van der Waals surface area contributed by atoms with Gasteiger partial charge in [0.25, 0.3) is 0 Å². The van der Waals surface area contributed by atoms with E-state index in [1.807, 2.05) is 6.07 Å². The van der Waals surface area contributed by atoms with Gasteiger partial charge in [-0.3, -0.25) is 4.79 Å². The first-order valence-corrected chi connectivity index (χ1v) is 10.8. The zero-order valence-corrected chi connectivity index (χ0v) is 17.2. The first-order valence-electron chi connectivity index (χ1n) is 10.8. The highest BCUT2D eigenvalue weighted by Crippen LogP contribution is 2.43. The summed E-state index contributed by atoms with van der Waals surface area (Å²) in [6, 6.07) is 21.4. The molecule has 2 heterocycles. The number of aromatic nitrogens is 1. The molecule has 0 saturated heterocycles. The smallest absolute Gasteiger partial charge is 0.162 e. The fraction of sp³-hybridized carbons (Fsp3) is 0.296. The third-order valence-corrected chi connectivity index (χ3v) is 6.63. The molecule has 2 aromatic heterocycles. The maximum absolute atomic E-state index is 12.8. The third kappa shape index (κ3) is 2.90. The maximum Gasteiger partial charge on any atom is 0.162 e. The number of ketones is 1. The van der Waals surface area contributed by atoms with Crippen LogP contribution in [0.4, 0.5) is 0 Å². The van der Waals surface area contributed by atoms with Crippen LogP contribution in [0.2, 0.25) is 0 Å². The van der Waals surface area contributed by atoms with Crippen LogP contribution in [0.15, 0.2) is 60.7 Å². The molecule has 4 aromatic rings. The van der Waals surface area contributed by atoms with Crippen LogP contribution < -0.4 is 0 Å². The summed E-state index contributed by atoms with van der Waals surface area (Å²) in [7, 11) is 0. The zero-order chi connectivity index (χ0) is 20.0. The summed E-state index contributed by atoms with van der Waals surface area (Å²) in [4.78, 5) is 12.8. The van der Waals surface area contributed by atoms with E-state index in [0.717, 1.165) is 22.4 Å². The van der Waals surface area contributed by atoms with Crippen LogP contribution in [0.3, 0.4) is 0 Å². The predicted molar refractivity (Wildman–Crippen MR) is 121 cm³/mol. The molecule has 0 aliphatic heterocycles. The first kappa shape index (κ1) is 18.2. The van der Waals surface area contributed by atoms with Gasteiger partial charge < -0.3 is 4.40 Å². The van der Waals surface area contributed by atoms with Gasteiger partial charge in [-0.25, -0.2) is 0 Å². The summed E-state index contributed by atoms with van der Waals surface area (Å²) >= 11 is 0. The van der Waals surface area contributed by atoms with E-state index in [1.54, 1.807) is 6.92 Å². The van der Waals surface area contributed by atoms with Gasteiger partial charge in [-0.05, 0) is 61.3 Å². The van der Waals surface area contributed by atoms with Crippen molar-refractivity contribution < 1.29 is 4.79 Å². The molecular formula is C27H27NO. The van der Waals surface area contributed by atoms with Crippen molar-refractivity contribution in [2.24, 2.45) is 0 Å². The van der Waals surface area contributed by atoms with Gasteiger partial charge in [-0.1, -0.05) is 67.8 Å². The van der Waals surface area contributed by atoms with E-state index in [0.29, 0.717) is 5.92 Å². The molecule has 146 valence electrons. The minimum absolute atomic E-state index is 0.142. The van der Waals surface area contributed by atoms with Gasteiger partial charge >= 0.3 is 0 Å². The van der Waals surface area contributed by atoms with Gasteiger partial charge in [-0.2, -0.15) is 0 Å². The van der Waals surface area contributed by atoms with Crippen LogP contribution in [0.1, 0.15) is 66.6 Å². The highest BCUT2D eigenvalue weighted by atomic mass is 16.1. The zero-order valence-electron chi connectivity index (χ0n) is 17.2. The average molecular weight is 382 g/mol. The molecule has 1 fully saturated rings. The summed E-state index contributed by atoms with van der Waals surface area (Å²) in [6.07, 6.45) is 6.40. The molecular weight excluding hydrogens is 354 g/mol. The molecule has 2 heteroatoms. The van der Waals surface area contributed by atoms with Crippen molar-refractivity contribution in [3.05, 3.63) is 77.5 Å². The third-order valence-electron chi connectivity index (χ3n) is 6.63. The van der Waals surface area contributed by atoms with Crippen molar-refractivity contribution in [1.29, 1.82) is 0 Å². The van der Waals surface area contributed by atoms with Gasteiger partial charge in [-0.15, -0.1) is 0 Å². The van der Waals surface area contributed by atoms with Crippen molar-refractivity contribution in [3.8, 4) is 11.1 Å². The minimum Gasteiger partial charge on any atom is -0.312 e. The Bertz CT molecular complexity index is 1210. The molecule has 2 nitrogen and oxygen atoms in total. The van der Waals surface area contributed by atoms with E-state index >= 15 is 0 Å². The van der Waals surface area contributed by atoms with Crippen molar-refractivity contribution in [2.45, 2.75) is 51.9 Å². The van der Waals surface area contributed by atoms with Crippen molar-refractivity contribution in [1.82, 2.24) is 4.40 Å². The Kier molecular flexibility index (Phi) is 4.50. The Labute approximate surface area is 172 Å². The number of para-hydroxylation sites is 1. The number of hydrogen-bond acceptors (Lipinski definition) is 1. The second-order valence-corrected chi connectivity index (χ2v) is 8.44. The lowest BCUT2D eigenvalue weighted by molar-refractivity contribution is 0.101. The van der Waals surface area contributed by atoms with Gasteiger partial charge in [0.15, 0.2) is 5.78 Å². The monoisotopic (exact) mass is 381 g/mol. The van der Waals surface area contributed by atoms with E-state index < -0.39 is 0 Å².